The smallest absolute Gasteiger partial charge is 0.252 e. The summed E-state index contributed by atoms with van der Waals surface area (Å²) in [5, 5.41) is 21.0. The average Bonchev–Trinajstić information content (AvgIpc) is 2.52. The highest BCUT2D eigenvalue weighted by Crippen LogP contribution is 1.97. The molecule has 12 heavy (non-hydrogen) atoms. The summed E-state index contributed by atoms with van der Waals surface area (Å²) in [6.45, 7) is 2.60. The van der Waals surface area contributed by atoms with Crippen LogP contribution in [-0.4, -0.2) is 26.5 Å². The summed E-state index contributed by atoms with van der Waals surface area (Å²) in [5.74, 6) is 0.304. The van der Waals surface area contributed by atoms with Gasteiger partial charge in [0.1, 0.15) is 12.4 Å². The van der Waals surface area contributed by atoms with Gasteiger partial charge in [0.25, 0.3) is 5.82 Å². The van der Waals surface area contributed by atoms with E-state index in [2.05, 4.69) is 10.1 Å². The number of hydrogen-bond donors (Lipinski definition) is 1. The zero-order valence-electron chi connectivity index (χ0n) is 6.80. The Kier molecular flexibility index (Phi) is 2.77. The molecule has 5 nitrogen and oxygen atoms in total. The number of rotatable bonds is 3. The zero-order chi connectivity index (χ0) is 8.97. The summed E-state index contributed by atoms with van der Waals surface area (Å²) >= 11 is 0. The maximum absolute atomic E-state index is 8.73. The van der Waals surface area contributed by atoms with Crippen LogP contribution < -0.4 is 0 Å². The van der Waals surface area contributed by atoms with Gasteiger partial charge in [-0.2, -0.15) is 5.26 Å². The number of aromatic nitrogens is 3. The lowest BCUT2D eigenvalue weighted by atomic mass is 10.2. The van der Waals surface area contributed by atoms with Crippen molar-refractivity contribution in [2.75, 3.05) is 6.61 Å². The van der Waals surface area contributed by atoms with Gasteiger partial charge in [0, 0.05) is 13.2 Å². The Hall–Kier alpha value is -1.41. The van der Waals surface area contributed by atoms with E-state index in [1.807, 2.05) is 13.0 Å². The molecule has 0 aliphatic carbocycles. The molecule has 1 N–H and O–H groups in total. The van der Waals surface area contributed by atoms with E-state index >= 15 is 0 Å². The normalized spacial score (nSPS) is 12.4. The summed E-state index contributed by atoms with van der Waals surface area (Å²) in [4.78, 5) is 3.73. The first-order valence-corrected chi connectivity index (χ1v) is 3.66. The van der Waals surface area contributed by atoms with Crippen molar-refractivity contribution in [2.45, 2.75) is 13.5 Å². The maximum atomic E-state index is 8.73. The van der Waals surface area contributed by atoms with Crippen molar-refractivity contribution in [3.8, 4) is 6.07 Å². The van der Waals surface area contributed by atoms with Crippen LogP contribution in [0.3, 0.4) is 0 Å². The summed E-state index contributed by atoms with van der Waals surface area (Å²) in [6.07, 6.45) is 1.49. The molecule has 0 aliphatic rings. The minimum absolute atomic E-state index is 0.113. The van der Waals surface area contributed by atoms with Gasteiger partial charge in [0.05, 0.1) is 0 Å². The molecule has 1 rings (SSSR count). The van der Waals surface area contributed by atoms with Crippen LogP contribution in [0.2, 0.25) is 0 Å². The van der Waals surface area contributed by atoms with Crippen LogP contribution in [0.25, 0.3) is 0 Å². The fourth-order valence-electron chi connectivity index (χ4n) is 0.811. The van der Waals surface area contributed by atoms with Crippen LogP contribution in [-0.2, 0) is 6.54 Å². The molecule has 5 heteroatoms. The van der Waals surface area contributed by atoms with Gasteiger partial charge in [-0.1, -0.05) is 6.92 Å². The van der Waals surface area contributed by atoms with E-state index in [1.54, 1.807) is 4.68 Å². The molecule has 1 unspecified atom stereocenters. The Morgan fingerprint density at radius 2 is 2.58 bits per heavy atom. The Balaban J connectivity index is 2.59. The van der Waals surface area contributed by atoms with Crippen molar-refractivity contribution in [2.24, 2.45) is 5.92 Å². The number of aliphatic hydroxyl groups excluding tert-OH is 1. The average molecular weight is 166 g/mol. The molecule has 1 aromatic heterocycles. The van der Waals surface area contributed by atoms with Crippen LogP contribution in [0.4, 0.5) is 0 Å². The number of aliphatic hydroxyl groups is 1. The fourth-order valence-corrected chi connectivity index (χ4v) is 0.811. The molecule has 0 radical (unpaired) electrons. The largest absolute Gasteiger partial charge is 0.396 e. The Bertz CT molecular complexity index is 288. The van der Waals surface area contributed by atoms with Crippen LogP contribution >= 0.6 is 0 Å². The van der Waals surface area contributed by atoms with Gasteiger partial charge in [-0.3, -0.25) is 4.68 Å². The summed E-state index contributed by atoms with van der Waals surface area (Å²) in [6, 6.07) is 1.83. The highest BCUT2D eigenvalue weighted by Gasteiger charge is 2.03. The first kappa shape index (κ1) is 8.68. The first-order valence-electron chi connectivity index (χ1n) is 3.66. The van der Waals surface area contributed by atoms with Gasteiger partial charge >= 0.3 is 0 Å². The molecule has 0 saturated carbocycles. The van der Waals surface area contributed by atoms with Crippen LogP contribution in [0.1, 0.15) is 12.7 Å². The van der Waals surface area contributed by atoms with E-state index < -0.39 is 0 Å². The van der Waals surface area contributed by atoms with Gasteiger partial charge in [-0.05, 0) is 5.92 Å². The van der Waals surface area contributed by atoms with Gasteiger partial charge in [0.15, 0.2) is 0 Å². The van der Waals surface area contributed by atoms with Gasteiger partial charge in [-0.15, -0.1) is 5.10 Å². The Labute approximate surface area is 70.3 Å². The molecule has 1 atom stereocenters. The van der Waals surface area contributed by atoms with Crippen LogP contribution in [0.15, 0.2) is 6.33 Å². The zero-order valence-corrected chi connectivity index (χ0v) is 6.80. The third-order valence-electron chi connectivity index (χ3n) is 1.45. The van der Waals surface area contributed by atoms with Gasteiger partial charge < -0.3 is 5.11 Å². The standard InChI is InChI=1S/C7H10N4O/c1-6(4-12)3-11-5-9-7(2-8)10-11/h5-6,12H,3-4H2,1H3. The predicted octanol–water partition coefficient (Wildman–Crippen LogP) is -0.222. The molecular formula is C7H10N4O. The molecule has 0 spiro atoms. The molecule has 0 bridgehead atoms. The van der Waals surface area contributed by atoms with Crippen molar-refractivity contribution in [3.63, 3.8) is 0 Å². The highest BCUT2D eigenvalue weighted by atomic mass is 16.3. The molecule has 1 heterocycles. The van der Waals surface area contributed by atoms with E-state index in [9.17, 15) is 0 Å². The number of nitriles is 1. The molecule has 0 aromatic carbocycles. The second-order valence-electron chi connectivity index (χ2n) is 2.69. The second-order valence-corrected chi connectivity index (χ2v) is 2.69. The van der Waals surface area contributed by atoms with E-state index in [-0.39, 0.29) is 18.3 Å². The fraction of sp³-hybridized carbons (Fsp3) is 0.571. The minimum Gasteiger partial charge on any atom is -0.396 e. The lowest BCUT2D eigenvalue weighted by Gasteiger charge is -2.05. The highest BCUT2D eigenvalue weighted by molar-refractivity contribution is 5.05. The maximum Gasteiger partial charge on any atom is 0.252 e. The second kappa shape index (κ2) is 3.83. The Morgan fingerprint density at radius 1 is 1.83 bits per heavy atom. The van der Waals surface area contributed by atoms with E-state index in [0.717, 1.165) is 0 Å². The molecule has 0 fully saturated rings. The summed E-state index contributed by atoms with van der Waals surface area (Å²) in [5.41, 5.74) is 0. The van der Waals surface area contributed by atoms with Crippen molar-refractivity contribution >= 4 is 0 Å². The molecule has 64 valence electrons. The SMILES string of the molecule is CC(CO)Cn1cnc(C#N)n1. The van der Waals surface area contributed by atoms with Gasteiger partial charge in [0.2, 0.25) is 0 Å². The Morgan fingerprint density at radius 3 is 3.08 bits per heavy atom. The lowest BCUT2D eigenvalue weighted by molar-refractivity contribution is 0.219. The molecule has 1 aromatic rings. The topological polar surface area (TPSA) is 74.7 Å². The summed E-state index contributed by atoms with van der Waals surface area (Å²) < 4.78 is 1.56. The van der Waals surface area contributed by atoms with Crippen LogP contribution in [0, 0.1) is 17.2 Å². The van der Waals surface area contributed by atoms with Crippen LogP contribution in [0.5, 0.6) is 0 Å². The monoisotopic (exact) mass is 166 g/mol. The minimum atomic E-state index is 0.113. The van der Waals surface area contributed by atoms with E-state index in [0.29, 0.717) is 6.54 Å². The molecule has 0 amide bonds. The molecular weight excluding hydrogens is 156 g/mol. The van der Waals surface area contributed by atoms with E-state index in [1.165, 1.54) is 6.33 Å². The summed E-state index contributed by atoms with van der Waals surface area (Å²) in [7, 11) is 0. The molecule has 0 saturated heterocycles. The van der Waals surface area contributed by atoms with Crippen molar-refractivity contribution in [1.82, 2.24) is 14.8 Å². The van der Waals surface area contributed by atoms with Gasteiger partial charge in [-0.25, -0.2) is 4.98 Å². The quantitative estimate of drug-likeness (QED) is 0.673. The van der Waals surface area contributed by atoms with Crippen molar-refractivity contribution in [1.29, 1.82) is 5.26 Å². The number of hydrogen-bond acceptors (Lipinski definition) is 4. The predicted molar refractivity (Wildman–Crippen MR) is 41.0 cm³/mol. The molecule has 0 aliphatic heterocycles. The number of nitrogens with zero attached hydrogens (tertiary/aromatic N) is 4. The lowest BCUT2D eigenvalue weighted by Crippen LogP contribution is -2.11. The third-order valence-corrected chi connectivity index (χ3v) is 1.45. The van der Waals surface area contributed by atoms with Crippen molar-refractivity contribution in [3.05, 3.63) is 12.2 Å². The first-order chi connectivity index (χ1) is 5.76. The van der Waals surface area contributed by atoms with Crippen molar-refractivity contribution < 1.29 is 5.11 Å². The van der Waals surface area contributed by atoms with E-state index in [4.69, 9.17) is 10.4 Å². The third kappa shape index (κ3) is 2.04.